The van der Waals surface area contributed by atoms with E-state index < -0.39 is 5.97 Å². The van der Waals surface area contributed by atoms with Crippen molar-refractivity contribution in [3.05, 3.63) is 43.8 Å². The number of piperidine rings is 1. The van der Waals surface area contributed by atoms with Crippen molar-refractivity contribution in [2.75, 3.05) is 13.1 Å². The topological polar surface area (TPSA) is 40.5 Å². The van der Waals surface area contributed by atoms with E-state index in [1.54, 1.807) is 0 Å². The van der Waals surface area contributed by atoms with Crippen molar-refractivity contribution in [3.63, 3.8) is 0 Å². The molecule has 2 atom stereocenters. The molecule has 1 fully saturated rings. The van der Waals surface area contributed by atoms with Crippen LogP contribution in [0, 0.1) is 12.8 Å². The van der Waals surface area contributed by atoms with Gasteiger partial charge in [-0.3, -0.25) is 9.69 Å². The van der Waals surface area contributed by atoms with Gasteiger partial charge in [0.1, 0.15) is 0 Å². The van der Waals surface area contributed by atoms with Crippen LogP contribution < -0.4 is 0 Å². The van der Waals surface area contributed by atoms with Crippen molar-refractivity contribution in [3.8, 4) is 0 Å². The second-order valence-corrected chi connectivity index (χ2v) is 8.70. The Hall–Kier alpha value is -1.17. The summed E-state index contributed by atoms with van der Waals surface area (Å²) in [6.07, 6.45) is 2.81. The molecule has 0 bridgehead atoms. The maximum absolute atomic E-state index is 11.4. The fraction of sp³-hybridized carbons (Fsp3) is 0.500. The Kier molecular flexibility index (Phi) is 5.19. The van der Waals surface area contributed by atoms with Crippen LogP contribution in [0.15, 0.2) is 24.3 Å². The number of thiophene rings is 2. The minimum absolute atomic E-state index is 0.209. The van der Waals surface area contributed by atoms with Crippen molar-refractivity contribution in [2.45, 2.75) is 39.2 Å². The van der Waals surface area contributed by atoms with Crippen LogP contribution in [0.25, 0.3) is 0 Å². The number of aliphatic carboxylic acids is 1. The highest BCUT2D eigenvalue weighted by Crippen LogP contribution is 2.39. The molecule has 3 heterocycles. The average molecular weight is 350 g/mol. The van der Waals surface area contributed by atoms with Crippen molar-refractivity contribution in [1.29, 1.82) is 0 Å². The molecule has 1 N–H and O–H groups in total. The quantitative estimate of drug-likeness (QED) is 0.860. The third-order valence-corrected chi connectivity index (χ3v) is 6.83. The maximum atomic E-state index is 11.4. The summed E-state index contributed by atoms with van der Waals surface area (Å²) >= 11 is 3.69. The molecule has 1 aliphatic heterocycles. The standard InChI is InChI=1S/C18H23NO2S2/c1-3-14-7-9-16(23-14)17(15-8-6-12(2)22-15)19-10-4-5-13(11-19)18(20)21/h6-9,13,17H,3-5,10-11H2,1-2H3,(H,20,21). The molecule has 0 saturated carbocycles. The lowest BCUT2D eigenvalue weighted by atomic mass is 9.96. The van der Waals surface area contributed by atoms with Crippen LogP contribution in [-0.2, 0) is 11.2 Å². The van der Waals surface area contributed by atoms with Crippen LogP contribution in [-0.4, -0.2) is 29.1 Å². The van der Waals surface area contributed by atoms with Gasteiger partial charge in [-0.05, 0) is 57.0 Å². The van der Waals surface area contributed by atoms with Gasteiger partial charge < -0.3 is 5.11 Å². The first kappa shape index (κ1) is 16.7. The molecule has 23 heavy (non-hydrogen) atoms. The number of rotatable bonds is 5. The molecule has 1 aliphatic rings. The molecule has 5 heteroatoms. The molecule has 0 aliphatic carbocycles. The molecule has 2 aromatic heterocycles. The smallest absolute Gasteiger partial charge is 0.307 e. The molecular formula is C18H23NO2S2. The molecule has 3 nitrogen and oxygen atoms in total. The highest BCUT2D eigenvalue weighted by molar-refractivity contribution is 7.13. The van der Waals surface area contributed by atoms with Gasteiger partial charge in [0.05, 0.1) is 12.0 Å². The Morgan fingerprint density at radius 1 is 1.30 bits per heavy atom. The minimum Gasteiger partial charge on any atom is -0.481 e. The third kappa shape index (κ3) is 3.67. The van der Waals surface area contributed by atoms with Gasteiger partial charge in [-0.2, -0.15) is 0 Å². The van der Waals surface area contributed by atoms with E-state index in [0.29, 0.717) is 6.54 Å². The second kappa shape index (κ2) is 7.16. The summed E-state index contributed by atoms with van der Waals surface area (Å²) in [4.78, 5) is 19.2. The number of nitrogens with zero attached hydrogens (tertiary/aromatic N) is 1. The molecule has 0 spiro atoms. The van der Waals surface area contributed by atoms with E-state index in [2.05, 4.69) is 43.0 Å². The van der Waals surface area contributed by atoms with Gasteiger partial charge in [-0.1, -0.05) is 6.92 Å². The molecule has 3 rings (SSSR count). The van der Waals surface area contributed by atoms with Gasteiger partial charge in [0.2, 0.25) is 0 Å². The highest BCUT2D eigenvalue weighted by Gasteiger charge is 2.32. The Morgan fingerprint density at radius 2 is 2.04 bits per heavy atom. The van der Waals surface area contributed by atoms with Gasteiger partial charge in [-0.15, -0.1) is 22.7 Å². The van der Waals surface area contributed by atoms with Gasteiger partial charge >= 0.3 is 5.97 Å². The van der Waals surface area contributed by atoms with E-state index >= 15 is 0 Å². The first-order chi connectivity index (χ1) is 11.1. The number of likely N-dealkylation sites (tertiary alicyclic amines) is 1. The first-order valence-electron chi connectivity index (χ1n) is 8.20. The highest BCUT2D eigenvalue weighted by atomic mass is 32.1. The van der Waals surface area contributed by atoms with Crippen LogP contribution in [0.3, 0.4) is 0 Å². The zero-order valence-corrected chi connectivity index (χ0v) is 15.3. The van der Waals surface area contributed by atoms with Crippen molar-refractivity contribution in [1.82, 2.24) is 4.90 Å². The summed E-state index contributed by atoms with van der Waals surface area (Å²) in [6, 6.07) is 9.03. The maximum Gasteiger partial charge on any atom is 0.307 e. The lowest BCUT2D eigenvalue weighted by Crippen LogP contribution is -2.40. The second-order valence-electron chi connectivity index (χ2n) is 6.18. The molecular weight excluding hydrogens is 326 g/mol. The number of hydrogen-bond donors (Lipinski definition) is 1. The summed E-state index contributed by atoms with van der Waals surface area (Å²) < 4.78 is 0. The lowest BCUT2D eigenvalue weighted by molar-refractivity contribution is -0.143. The van der Waals surface area contributed by atoms with E-state index in [0.717, 1.165) is 25.8 Å². The van der Waals surface area contributed by atoms with Gasteiger partial charge in [-0.25, -0.2) is 0 Å². The van der Waals surface area contributed by atoms with Crippen LogP contribution in [0.2, 0.25) is 0 Å². The largest absolute Gasteiger partial charge is 0.481 e. The van der Waals surface area contributed by atoms with Gasteiger partial charge in [0.15, 0.2) is 0 Å². The van der Waals surface area contributed by atoms with E-state index in [-0.39, 0.29) is 12.0 Å². The molecule has 0 amide bonds. The van der Waals surface area contributed by atoms with Gasteiger partial charge in [0.25, 0.3) is 0 Å². The Labute approximate surface area is 145 Å². The van der Waals surface area contributed by atoms with Crippen molar-refractivity contribution < 1.29 is 9.90 Å². The Balaban J connectivity index is 1.93. The zero-order valence-electron chi connectivity index (χ0n) is 13.6. The number of carbonyl (C=O) groups is 1. The van der Waals surface area contributed by atoms with Crippen LogP contribution in [0.1, 0.15) is 45.3 Å². The first-order valence-corrected chi connectivity index (χ1v) is 9.83. The summed E-state index contributed by atoms with van der Waals surface area (Å²) in [5, 5.41) is 9.40. The number of carboxylic acid groups (broad SMARTS) is 1. The van der Waals surface area contributed by atoms with E-state index in [1.165, 1.54) is 19.5 Å². The Morgan fingerprint density at radius 3 is 2.65 bits per heavy atom. The summed E-state index contributed by atoms with van der Waals surface area (Å²) in [5.41, 5.74) is 0. The molecule has 2 unspecified atom stereocenters. The molecule has 0 aromatic carbocycles. The van der Waals surface area contributed by atoms with E-state index in [4.69, 9.17) is 0 Å². The minimum atomic E-state index is -0.656. The monoisotopic (exact) mass is 349 g/mol. The van der Waals surface area contributed by atoms with Gasteiger partial charge in [0, 0.05) is 26.1 Å². The number of hydrogen-bond acceptors (Lipinski definition) is 4. The van der Waals surface area contributed by atoms with E-state index in [1.807, 2.05) is 22.7 Å². The SMILES string of the molecule is CCc1ccc(C(c2ccc(C)s2)N2CCCC(C(=O)O)C2)s1. The predicted molar refractivity (Wildman–Crippen MR) is 96.5 cm³/mol. The summed E-state index contributed by atoms with van der Waals surface area (Å²) in [6.45, 7) is 5.94. The fourth-order valence-corrected chi connectivity index (χ4v) is 5.49. The molecule has 0 radical (unpaired) electrons. The predicted octanol–water partition coefficient (Wildman–Crippen LogP) is 4.57. The molecule has 1 saturated heterocycles. The summed E-state index contributed by atoms with van der Waals surface area (Å²) in [7, 11) is 0. The van der Waals surface area contributed by atoms with Crippen molar-refractivity contribution >= 4 is 28.6 Å². The normalized spacial score (nSPS) is 20.5. The van der Waals surface area contributed by atoms with Crippen molar-refractivity contribution in [2.24, 2.45) is 5.92 Å². The lowest BCUT2D eigenvalue weighted by Gasteiger charge is -2.36. The molecule has 124 valence electrons. The van der Waals surface area contributed by atoms with Crippen LogP contribution >= 0.6 is 22.7 Å². The Bertz CT molecular complexity index is 676. The van der Waals surface area contributed by atoms with Crippen LogP contribution in [0.4, 0.5) is 0 Å². The summed E-state index contributed by atoms with van der Waals surface area (Å²) in [5.74, 6) is -0.894. The zero-order chi connectivity index (χ0) is 16.4. The average Bonchev–Trinajstić information content (AvgIpc) is 3.17. The van der Waals surface area contributed by atoms with E-state index in [9.17, 15) is 9.90 Å². The fourth-order valence-electron chi connectivity index (χ4n) is 3.27. The number of aryl methyl sites for hydroxylation is 2. The van der Waals surface area contributed by atoms with Crippen LogP contribution in [0.5, 0.6) is 0 Å². The third-order valence-electron chi connectivity index (χ3n) is 4.50. The molecule has 2 aromatic rings. The number of carboxylic acids is 1.